The summed E-state index contributed by atoms with van der Waals surface area (Å²) in [4.78, 5) is 0. The van der Waals surface area contributed by atoms with Gasteiger partial charge in [-0.15, -0.1) is 0 Å². The Morgan fingerprint density at radius 3 is 1.00 bits per heavy atom. The Kier molecular flexibility index (Phi) is 17.3. The van der Waals surface area contributed by atoms with Crippen molar-refractivity contribution in [3.05, 3.63) is 215 Å². The van der Waals surface area contributed by atoms with Gasteiger partial charge in [-0.1, -0.05) is 182 Å². The van der Waals surface area contributed by atoms with Crippen LogP contribution in [0.25, 0.3) is 0 Å². The van der Waals surface area contributed by atoms with Crippen LogP contribution in [0, 0.1) is 0 Å². The number of hydrogen-bond donors (Lipinski definition) is 0. The maximum atomic E-state index is 7.27. The molecule has 0 spiro atoms. The molecule has 10 nitrogen and oxygen atoms in total. The molecule has 0 bridgehead atoms. The van der Waals surface area contributed by atoms with Crippen LogP contribution >= 0.6 is 0 Å². The largest absolute Gasteiger partial charge is 0.374 e. The van der Waals surface area contributed by atoms with E-state index in [9.17, 15) is 0 Å². The number of methoxy groups -OCH3 is 1. The predicted octanol–water partition coefficient (Wildman–Crippen LogP) is 9.24. The van der Waals surface area contributed by atoms with Gasteiger partial charge in [-0.3, -0.25) is 0 Å². The van der Waals surface area contributed by atoms with Crippen molar-refractivity contribution in [2.45, 2.75) is 94.9 Å². The third kappa shape index (κ3) is 13.0. The van der Waals surface area contributed by atoms with Gasteiger partial charge >= 0.3 is 0 Å². The third-order valence-electron chi connectivity index (χ3n) is 11.3. The Hall–Kier alpha value is -5.08. The summed E-state index contributed by atoms with van der Waals surface area (Å²) in [6, 6.07) is 60.3. The molecule has 0 saturated carbocycles. The average Bonchev–Trinajstić information content (AvgIpc) is 3.68. The molecular weight excluding hydrogens is 809 g/mol. The normalized spacial score (nSPS) is 24.4. The minimum Gasteiger partial charge on any atom is -0.374 e. The molecule has 2 aliphatic rings. The van der Waals surface area contributed by atoms with Gasteiger partial charge in [0.05, 0.1) is 52.9 Å². The highest BCUT2D eigenvalue weighted by molar-refractivity contribution is 5.18. The predicted molar refractivity (Wildman–Crippen MR) is 241 cm³/mol. The summed E-state index contributed by atoms with van der Waals surface area (Å²) in [5, 5.41) is 0. The Morgan fingerprint density at radius 2 is 0.625 bits per heavy atom. The lowest BCUT2D eigenvalue weighted by Gasteiger charge is -2.46. The SMILES string of the molecule is CO[C@H]1O[C@H](COCc2ccccc2)[C@@H](O[C@@H]2O[C@H](COCc3ccccc3)[C@@H](OCc3ccccc3)[C@@H]2OCc2ccccc2)[C@H](OCc2ccccc2)[C@@H]1OCc1ccccc1. The molecule has 2 aliphatic heterocycles. The average molecular weight is 867 g/mol. The zero-order valence-electron chi connectivity index (χ0n) is 36.3. The van der Waals surface area contributed by atoms with Crippen LogP contribution in [0.3, 0.4) is 0 Å². The van der Waals surface area contributed by atoms with Crippen molar-refractivity contribution in [1.29, 1.82) is 0 Å². The van der Waals surface area contributed by atoms with E-state index in [1.54, 1.807) is 7.11 Å². The lowest BCUT2D eigenvalue weighted by molar-refractivity contribution is -0.343. The number of benzene rings is 6. The van der Waals surface area contributed by atoms with Crippen LogP contribution < -0.4 is 0 Å². The molecule has 8 rings (SSSR count). The summed E-state index contributed by atoms with van der Waals surface area (Å²) < 4.78 is 67.1. The number of ether oxygens (including phenoxy) is 10. The molecule has 2 saturated heterocycles. The van der Waals surface area contributed by atoms with Crippen LogP contribution in [0.2, 0.25) is 0 Å². The van der Waals surface area contributed by atoms with Gasteiger partial charge in [-0.2, -0.15) is 0 Å². The fraction of sp³-hybridized carbons (Fsp3) is 0.333. The van der Waals surface area contributed by atoms with Crippen LogP contribution in [0.4, 0.5) is 0 Å². The van der Waals surface area contributed by atoms with Crippen molar-refractivity contribution < 1.29 is 47.4 Å². The Morgan fingerprint density at radius 1 is 0.328 bits per heavy atom. The second-order valence-corrected chi connectivity index (χ2v) is 16.0. The summed E-state index contributed by atoms with van der Waals surface area (Å²) >= 11 is 0. The van der Waals surface area contributed by atoms with Gasteiger partial charge in [0.2, 0.25) is 0 Å². The Bertz CT molecular complexity index is 2170. The number of hydrogen-bond acceptors (Lipinski definition) is 10. The molecule has 0 radical (unpaired) electrons. The molecule has 0 unspecified atom stereocenters. The molecule has 64 heavy (non-hydrogen) atoms. The zero-order valence-corrected chi connectivity index (χ0v) is 36.3. The van der Waals surface area contributed by atoms with E-state index >= 15 is 0 Å². The highest BCUT2D eigenvalue weighted by atomic mass is 16.8. The molecule has 0 aliphatic carbocycles. The fourth-order valence-electron chi connectivity index (χ4n) is 8.00. The summed E-state index contributed by atoms with van der Waals surface area (Å²) in [7, 11) is 1.61. The van der Waals surface area contributed by atoms with Crippen molar-refractivity contribution in [1.82, 2.24) is 0 Å². The van der Waals surface area contributed by atoms with E-state index in [0.29, 0.717) is 33.0 Å². The first-order valence-electron chi connectivity index (χ1n) is 22.0. The summed E-state index contributed by atoms with van der Waals surface area (Å²) in [6.07, 6.45) is -6.51. The molecule has 2 heterocycles. The van der Waals surface area contributed by atoms with Gasteiger partial charge in [-0.05, 0) is 33.4 Å². The van der Waals surface area contributed by atoms with E-state index in [4.69, 9.17) is 47.4 Å². The molecule has 10 heteroatoms. The molecule has 0 amide bonds. The van der Waals surface area contributed by atoms with Gasteiger partial charge in [0.1, 0.15) is 42.7 Å². The molecule has 0 aromatic heterocycles. The van der Waals surface area contributed by atoms with Crippen molar-refractivity contribution in [2.24, 2.45) is 0 Å². The van der Waals surface area contributed by atoms with Crippen LogP contribution in [-0.4, -0.2) is 75.6 Å². The first-order valence-corrected chi connectivity index (χ1v) is 22.0. The zero-order chi connectivity index (χ0) is 43.6. The third-order valence-corrected chi connectivity index (χ3v) is 11.3. The van der Waals surface area contributed by atoms with E-state index < -0.39 is 55.3 Å². The monoisotopic (exact) mass is 866 g/mol. The first-order chi connectivity index (χ1) is 31.7. The van der Waals surface area contributed by atoms with Crippen LogP contribution in [-0.2, 0) is 87.0 Å². The minimum atomic E-state index is -0.947. The lowest BCUT2D eigenvalue weighted by Crippen LogP contribution is -2.62. The fourth-order valence-corrected chi connectivity index (χ4v) is 8.00. The van der Waals surface area contributed by atoms with E-state index in [1.165, 1.54) is 0 Å². The van der Waals surface area contributed by atoms with E-state index in [-0.39, 0.29) is 19.8 Å². The van der Waals surface area contributed by atoms with Crippen LogP contribution in [0.1, 0.15) is 33.4 Å². The number of rotatable bonds is 23. The molecule has 6 aromatic carbocycles. The molecule has 0 N–H and O–H groups in total. The maximum absolute atomic E-state index is 7.27. The maximum Gasteiger partial charge on any atom is 0.187 e. The molecule has 9 atom stereocenters. The summed E-state index contributed by atoms with van der Waals surface area (Å²) in [5.41, 5.74) is 6.10. The Labute approximate surface area is 376 Å². The van der Waals surface area contributed by atoms with Crippen LogP contribution in [0.5, 0.6) is 0 Å². The molecule has 334 valence electrons. The molecular formula is C54H58O10. The van der Waals surface area contributed by atoms with Crippen molar-refractivity contribution >= 4 is 0 Å². The van der Waals surface area contributed by atoms with Crippen molar-refractivity contribution in [3.8, 4) is 0 Å². The molecule has 2 fully saturated rings. The van der Waals surface area contributed by atoms with Crippen molar-refractivity contribution in [3.63, 3.8) is 0 Å². The highest BCUT2D eigenvalue weighted by Crippen LogP contribution is 2.36. The van der Waals surface area contributed by atoms with E-state index in [2.05, 4.69) is 0 Å². The Balaban J connectivity index is 1.12. The van der Waals surface area contributed by atoms with Gasteiger partial charge in [0.15, 0.2) is 12.6 Å². The topological polar surface area (TPSA) is 92.3 Å². The standard InChI is InChI=1S/C54H58O10/c1-55-53-52(61-37-45-30-18-7-19-31-45)50(59-35-43-26-14-5-15-27-43)49(47(62-53)39-57-33-41-22-10-3-11-23-41)64-54-51(60-36-44-28-16-6-17-29-44)48(58-34-42-24-12-4-13-25-42)46(63-54)38-56-32-40-20-8-2-9-21-40/h2-31,46-54H,32-39H2,1H3/t46-,47-,48-,49-,50+,51+,52+,53+,54+/m1/s1. The summed E-state index contributed by atoms with van der Waals surface area (Å²) in [6.45, 7) is 2.36. The highest BCUT2D eigenvalue weighted by Gasteiger charge is 2.54. The van der Waals surface area contributed by atoms with Crippen molar-refractivity contribution in [2.75, 3.05) is 20.3 Å². The minimum absolute atomic E-state index is 0.163. The van der Waals surface area contributed by atoms with E-state index in [1.807, 2.05) is 182 Å². The second kappa shape index (κ2) is 24.3. The van der Waals surface area contributed by atoms with Gasteiger partial charge < -0.3 is 47.4 Å². The lowest BCUT2D eigenvalue weighted by atomic mass is 9.97. The van der Waals surface area contributed by atoms with E-state index in [0.717, 1.165) is 33.4 Å². The van der Waals surface area contributed by atoms with Gasteiger partial charge in [-0.25, -0.2) is 0 Å². The first kappa shape index (κ1) is 45.5. The van der Waals surface area contributed by atoms with Crippen LogP contribution in [0.15, 0.2) is 182 Å². The smallest absolute Gasteiger partial charge is 0.187 e. The second-order valence-electron chi connectivity index (χ2n) is 16.0. The quantitative estimate of drug-likeness (QED) is 0.0621. The summed E-state index contributed by atoms with van der Waals surface area (Å²) in [5.74, 6) is 0. The van der Waals surface area contributed by atoms with Gasteiger partial charge in [0.25, 0.3) is 0 Å². The van der Waals surface area contributed by atoms with Gasteiger partial charge in [0, 0.05) is 7.11 Å². The molecule has 6 aromatic rings.